The molecule has 6 nitrogen and oxygen atoms in total. The Labute approximate surface area is 205 Å². The summed E-state index contributed by atoms with van der Waals surface area (Å²) in [6, 6.07) is 5.50. The van der Waals surface area contributed by atoms with E-state index in [2.05, 4.69) is 15.3 Å². The van der Waals surface area contributed by atoms with Gasteiger partial charge in [0.1, 0.15) is 6.26 Å². The summed E-state index contributed by atoms with van der Waals surface area (Å²) in [6.07, 6.45) is 7.45. The molecule has 178 valence electrons. The van der Waals surface area contributed by atoms with Crippen LogP contribution in [0.2, 0.25) is 10.0 Å². The van der Waals surface area contributed by atoms with Gasteiger partial charge in [-0.3, -0.25) is 4.98 Å². The largest absolute Gasteiger partial charge is 0.449 e. The average molecular weight is 507 g/mol. The maximum Gasteiger partial charge on any atom is 0.322 e. The fourth-order valence-corrected chi connectivity index (χ4v) is 4.31. The minimum absolute atomic E-state index is 0.0857. The maximum atomic E-state index is 13.9. The number of nitrogens with zero attached hydrogens (tertiary/aromatic N) is 3. The zero-order valence-corrected chi connectivity index (χ0v) is 19.8. The third-order valence-corrected chi connectivity index (χ3v) is 6.20. The van der Waals surface area contributed by atoms with Crippen molar-refractivity contribution in [3.05, 3.63) is 81.8 Å². The first-order valence-electron chi connectivity index (χ1n) is 10.7. The molecule has 0 atom stereocenters. The molecule has 4 rings (SSSR count). The minimum Gasteiger partial charge on any atom is -0.449 e. The number of anilines is 1. The molecular weight excluding hydrogens is 485 g/mol. The van der Waals surface area contributed by atoms with Crippen LogP contribution in [-0.4, -0.2) is 34.0 Å². The quantitative estimate of drug-likeness (QED) is 0.399. The van der Waals surface area contributed by atoms with Crippen molar-refractivity contribution in [3.63, 3.8) is 0 Å². The number of rotatable bonds is 6. The Kier molecular flexibility index (Phi) is 7.19. The number of aromatic nitrogens is 2. The molecule has 1 aliphatic rings. The summed E-state index contributed by atoms with van der Waals surface area (Å²) >= 11 is 12.5. The van der Waals surface area contributed by atoms with Crippen molar-refractivity contribution in [3.8, 4) is 0 Å². The summed E-state index contributed by atoms with van der Waals surface area (Å²) in [4.78, 5) is 22.9. The molecule has 0 fully saturated rings. The van der Waals surface area contributed by atoms with Crippen LogP contribution < -0.4 is 5.32 Å². The summed E-state index contributed by atoms with van der Waals surface area (Å²) in [5.41, 5.74) is 2.61. The second-order valence-electron chi connectivity index (χ2n) is 7.88. The number of urea groups is 1. The fraction of sp³-hybridized carbons (Fsp3) is 0.292. The highest BCUT2D eigenvalue weighted by Gasteiger charge is 2.31. The van der Waals surface area contributed by atoms with Crippen molar-refractivity contribution in [2.24, 2.45) is 0 Å². The molecule has 34 heavy (non-hydrogen) atoms. The summed E-state index contributed by atoms with van der Waals surface area (Å²) in [6.45, 7) is 2.20. The van der Waals surface area contributed by atoms with Crippen LogP contribution in [0.5, 0.6) is 0 Å². The van der Waals surface area contributed by atoms with E-state index in [4.69, 9.17) is 27.6 Å². The van der Waals surface area contributed by atoms with Crippen LogP contribution in [0.1, 0.15) is 42.5 Å². The van der Waals surface area contributed by atoms with Crippen molar-refractivity contribution < 1.29 is 18.0 Å². The molecule has 0 bridgehead atoms. The lowest BCUT2D eigenvalue weighted by Gasteiger charge is -2.27. The molecule has 2 aromatic heterocycles. The monoisotopic (exact) mass is 506 g/mol. The number of hydrogen-bond acceptors (Lipinski definition) is 4. The lowest BCUT2D eigenvalue weighted by Crippen LogP contribution is -2.38. The van der Waals surface area contributed by atoms with Gasteiger partial charge in [0, 0.05) is 37.0 Å². The highest BCUT2D eigenvalue weighted by molar-refractivity contribution is 6.32. The van der Waals surface area contributed by atoms with E-state index in [-0.39, 0.29) is 23.0 Å². The standard InChI is InChI=1S/C24H22Cl2F2N4O2/c1-2-24(27,28)18-4-3-17(13-19(18)25)31-23(33)32-8-5-16(6-9-32)22-20(26)11-15(14-30-22)12-21-29-7-10-34-21/h3-5,7,10-11,13-14H,2,6,8-9,12H2,1H3,(H,31,33). The Morgan fingerprint density at radius 2 is 2.06 bits per heavy atom. The van der Waals surface area contributed by atoms with E-state index in [1.54, 1.807) is 17.3 Å². The number of carbonyl (C=O) groups excluding carboxylic acids is 1. The fourth-order valence-electron chi connectivity index (χ4n) is 3.68. The first-order chi connectivity index (χ1) is 16.3. The molecule has 1 aromatic carbocycles. The van der Waals surface area contributed by atoms with Gasteiger partial charge in [0.2, 0.25) is 0 Å². The molecule has 10 heteroatoms. The molecule has 2 amide bonds. The van der Waals surface area contributed by atoms with Gasteiger partial charge in [0.15, 0.2) is 5.89 Å². The zero-order valence-electron chi connectivity index (χ0n) is 18.3. The van der Waals surface area contributed by atoms with Crippen LogP contribution in [0, 0.1) is 0 Å². The van der Waals surface area contributed by atoms with Crippen LogP contribution in [-0.2, 0) is 12.3 Å². The Hall–Kier alpha value is -2.97. The van der Waals surface area contributed by atoms with Gasteiger partial charge < -0.3 is 14.6 Å². The van der Waals surface area contributed by atoms with E-state index in [1.165, 1.54) is 31.4 Å². The smallest absolute Gasteiger partial charge is 0.322 e. The van der Waals surface area contributed by atoms with Gasteiger partial charge in [-0.15, -0.1) is 0 Å². The molecule has 0 saturated heterocycles. The van der Waals surface area contributed by atoms with Crippen LogP contribution >= 0.6 is 23.2 Å². The second kappa shape index (κ2) is 10.1. The van der Waals surface area contributed by atoms with Crippen molar-refractivity contribution in [2.45, 2.75) is 32.1 Å². The highest BCUT2D eigenvalue weighted by Crippen LogP contribution is 2.37. The molecule has 0 aliphatic carbocycles. The van der Waals surface area contributed by atoms with Gasteiger partial charge >= 0.3 is 6.03 Å². The predicted octanol–water partition coefficient (Wildman–Crippen LogP) is 6.79. The molecule has 1 aliphatic heterocycles. The van der Waals surface area contributed by atoms with E-state index >= 15 is 0 Å². The molecule has 1 N–H and O–H groups in total. The number of benzene rings is 1. The van der Waals surface area contributed by atoms with E-state index in [9.17, 15) is 13.6 Å². The summed E-state index contributed by atoms with van der Waals surface area (Å²) in [5.74, 6) is -2.43. The number of hydrogen-bond donors (Lipinski definition) is 1. The Balaban J connectivity index is 1.39. The molecule has 3 heterocycles. The van der Waals surface area contributed by atoms with Gasteiger partial charge in [-0.05, 0) is 41.8 Å². The topological polar surface area (TPSA) is 71.3 Å². The molecule has 0 radical (unpaired) electrons. The normalized spacial score (nSPS) is 14.1. The first-order valence-corrected chi connectivity index (χ1v) is 11.5. The lowest BCUT2D eigenvalue weighted by molar-refractivity contribution is -0.00815. The predicted molar refractivity (Wildman–Crippen MR) is 127 cm³/mol. The Bertz CT molecular complexity index is 1220. The van der Waals surface area contributed by atoms with Crippen LogP contribution in [0.3, 0.4) is 0 Å². The van der Waals surface area contributed by atoms with E-state index < -0.39 is 5.92 Å². The highest BCUT2D eigenvalue weighted by atomic mass is 35.5. The number of alkyl halides is 2. The Morgan fingerprint density at radius 1 is 1.24 bits per heavy atom. The van der Waals surface area contributed by atoms with Crippen molar-refractivity contribution >= 4 is 40.5 Å². The van der Waals surface area contributed by atoms with Crippen molar-refractivity contribution in [1.82, 2.24) is 14.9 Å². The van der Waals surface area contributed by atoms with Crippen LogP contribution in [0.4, 0.5) is 19.3 Å². The maximum absolute atomic E-state index is 13.9. The van der Waals surface area contributed by atoms with Crippen molar-refractivity contribution in [1.29, 1.82) is 0 Å². The summed E-state index contributed by atoms with van der Waals surface area (Å²) < 4.78 is 33.1. The average Bonchev–Trinajstić information content (AvgIpc) is 3.32. The van der Waals surface area contributed by atoms with Gasteiger partial charge in [-0.1, -0.05) is 36.2 Å². The van der Waals surface area contributed by atoms with Gasteiger partial charge in [0.05, 0.1) is 28.4 Å². The number of carbonyl (C=O) groups is 1. The van der Waals surface area contributed by atoms with Gasteiger partial charge in [-0.25, -0.2) is 18.6 Å². The molecule has 0 spiro atoms. The number of oxazole rings is 1. The van der Waals surface area contributed by atoms with Crippen LogP contribution in [0.15, 0.2) is 53.4 Å². The Morgan fingerprint density at radius 3 is 2.68 bits per heavy atom. The second-order valence-corrected chi connectivity index (χ2v) is 8.70. The van der Waals surface area contributed by atoms with E-state index in [0.717, 1.165) is 11.1 Å². The van der Waals surface area contributed by atoms with Crippen molar-refractivity contribution in [2.75, 3.05) is 18.4 Å². The number of amides is 2. The molecule has 3 aromatic rings. The third kappa shape index (κ3) is 5.39. The van der Waals surface area contributed by atoms with Crippen LogP contribution in [0.25, 0.3) is 5.57 Å². The molecule has 0 unspecified atom stereocenters. The first kappa shape index (κ1) is 24.2. The third-order valence-electron chi connectivity index (χ3n) is 5.60. The molecule has 0 saturated carbocycles. The zero-order chi connectivity index (χ0) is 24.3. The van der Waals surface area contributed by atoms with E-state index in [1.807, 2.05) is 12.1 Å². The van der Waals surface area contributed by atoms with Gasteiger partial charge in [-0.2, -0.15) is 0 Å². The minimum atomic E-state index is -3.02. The SMILES string of the molecule is CCC(F)(F)c1ccc(NC(=O)N2CC=C(c3ncc(Cc4ncco4)cc3Cl)CC2)cc1Cl. The number of halogens is 4. The van der Waals surface area contributed by atoms with E-state index in [0.29, 0.717) is 48.2 Å². The molecular formula is C24H22Cl2F2N4O2. The number of pyridine rings is 1. The summed E-state index contributed by atoms with van der Waals surface area (Å²) in [5, 5.41) is 3.15. The summed E-state index contributed by atoms with van der Waals surface area (Å²) in [7, 11) is 0. The van der Waals surface area contributed by atoms with Gasteiger partial charge in [0.25, 0.3) is 5.92 Å². The lowest BCUT2D eigenvalue weighted by atomic mass is 10.0. The number of nitrogens with one attached hydrogen (secondary N) is 1.